The first-order chi connectivity index (χ1) is 15.9. The lowest BCUT2D eigenvalue weighted by molar-refractivity contribution is 0.0843. The Hall–Kier alpha value is -3.94. The predicted octanol–water partition coefficient (Wildman–Crippen LogP) is 3.76. The summed E-state index contributed by atoms with van der Waals surface area (Å²) in [6.45, 7) is 6.48. The first-order valence-corrected chi connectivity index (χ1v) is 11.1. The summed E-state index contributed by atoms with van der Waals surface area (Å²) in [6.07, 6.45) is 2.76. The minimum absolute atomic E-state index is 0.0922. The molecule has 0 aliphatic rings. The van der Waals surface area contributed by atoms with Crippen molar-refractivity contribution in [3.8, 4) is 0 Å². The number of carbonyl (C=O) groups is 2. The van der Waals surface area contributed by atoms with Gasteiger partial charge in [-0.15, -0.1) is 0 Å². The molecule has 33 heavy (non-hydrogen) atoms. The molecule has 3 N–H and O–H groups in total. The topological polar surface area (TPSA) is 109 Å². The molecule has 2 aromatic heterocycles. The molecule has 4 rings (SSSR count). The number of unbranched alkanes of at least 4 members (excludes halogenated alkanes) is 2. The molecule has 0 spiro atoms. The Morgan fingerprint density at radius 2 is 1.70 bits per heavy atom. The number of rotatable bonds is 6. The molecule has 8 nitrogen and oxygen atoms in total. The maximum absolute atomic E-state index is 12.9. The number of hydrazine groups is 1. The Kier molecular flexibility index (Phi) is 6.26. The number of benzene rings is 2. The maximum atomic E-state index is 12.9. The van der Waals surface area contributed by atoms with Crippen molar-refractivity contribution in [2.75, 3.05) is 0 Å². The van der Waals surface area contributed by atoms with Crippen molar-refractivity contribution in [1.29, 1.82) is 0 Å². The number of nitrogens with one attached hydrogen (secondary N) is 3. The minimum Gasteiger partial charge on any atom is -0.358 e. The van der Waals surface area contributed by atoms with Crippen LogP contribution in [0.2, 0.25) is 0 Å². The van der Waals surface area contributed by atoms with Crippen molar-refractivity contribution < 1.29 is 9.59 Å². The number of carbonyl (C=O) groups excluding carboxylic acids is 2. The molecule has 170 valence electrons. The smallest absolute Gasteiger partial charge is 0.290 e. The summed E-state index contributed by atoms with van der Waals surface area (Å²) in [5, 5.41) is 6.14. The van der Waals surface area contributed by atoms with Crippen LogP contribution < -0.4 is 16.4 Å². The van der Waals surface area contributed by atoms with Crippen molar-refractivity contribution in [2.45, 2.75) is 46.6 Å². The van der Waals surface area contributed by atoms with Crippen LogP contribution in [0, 0.1) is 13.8 Å². The summed E-state index contributed by atoms with van der Waals surface area (Å²) in [5.41, 5.74) is 8.27. The molecule has 2 heterocycles. The maximum Gasteiger partial charge on any atom is 0.290 e. The Bertz CT molecular complexity index is 1420. The third-order valence-electron chi connectivity index (χ3n) is 5.92. The summed E-state index contributed by atoms with van der Waals surface area (Å²) in [5.74, 6) is -1.03. The summed E-state index contributed by atoms with van der Waals surface area (Å²) in [4.78, 5) is 41.7. The van der Waals surface area contributed by atoms with Gasteiger partial charge in [0.15, 0.2) is 5.69 Å². The highest BCUT2D eigenvalue weighted by Crippen LogP contribution is 2.22. The number of H-pyrrole nitrogens is 1. The normalized spacial score (nSPS) is 11.1. The lowest BCUT2D eigenvalue weighted by atomic mass is 10.1. The van der Waals surface area contributed by atoms with E-state index in [4.69, 9.17) is 0 Å². The van der Waals surface area contributed by atoms with Crippen molar-refractivity contribution in [3.05, 3.63) is 75.3 Å². The molecule has 8 heteroatoms. The van der Waals surface area contributed by atoms with Gasteiger partial charge in [-0.05, 0) is 50.1 Å². The van der Waals surface area contributed by atoms with Crippen molar-refractivity contribution >= 4 is 33.5 Å². The van der Waals surface area contributed by atoms with Crippen LogP contribution in [0.3, 0.4) is 0 Å². The van der Waals surface area contributed by atoms with Crippen LogP contribution in [0.1, 0.15) is 58.3 Å². The third-order valence-corrected chi connectivity index (χ3v) is 5.92. The Labute approximate surface area is 191 Å². The minimum atomic E-state index is -0.585. The highest BCUT2D eigenvalue weighted by Gasteiger charge is 2.18. The molecular weight excluding hydrogens is 418 g/mol. The fraction of sp³-hybridized carbons (Fsp3) is 0.280. The van der Waals surface area contributed by atoms with Crippen LogP contribution in [0.25, 0.3) is 21.7 Å². The lowest BCUT2D eigenvalue weighted by Crippen LogP contribution is -2.42. The molecular formula is C25H27N5O3. The monoisotopic (exact) mass is 445 g/mol. The molecule has 0 fully saturated rings. The van der Waals surface area contributed by atoms with Crippen molar-refractivity contribution in [2.24, 2.45) is 0 Å². The van der Waals surface area contributed by atoms with Crippen molar-refractivity contribution in [3.63, 3.8) is 0 Å². The SMILES string of the molecule is CCCCCn1nc(C(=O)NNC(=O)c2ccc3[nH]c(C)c(C)c3c2)c2ccccc2c1=O. The summed E-state index contributed by atoms with van der Waals surface area (Å²) in [6, 6.07) is 12.2. The summed E-state index contributed by atoms with van der Waals surface area (Å²) >= 11 is 0. The average molecular weight is 446 g/mol. The summed E-state index contributed by atoms with van der Waals surface area (Å²) < 4.78 is 1.33. The molecule has 0 bridgehead atoms. The standard InChI is InChI=1S/C25H27N5O3/c1-4-5-8-13-30-25(33)19-10-7-6-9-18(19)22(29-30)24(32)28-27-23(31)17-11-12-21-20(14-17)15(2)16(3)26-21/h6-7,9-12,14,26H,4-5,8,13H2,1-3H3,(H,27,31)(H,28,32). The quantitative estimate of drug-likeness (QED) is 0.310. The second-order valence-electron chi connectivity index (χ2n) is 8.17. The number of hydrogen-bond acceptors (Lipinski definition) is 4. The predicted molar refractivity (Wildman–Crippen MR) is 128 cm³/mol. The fourth-order valence-corrected chi connectivity index (χ4v) is 3.91. The molecule has 2 amide bonds. The van der Waals surface area contributed by atoms with Gasteiger partial charge in [-0.25, -0.2) is 4.68 Å². The number of aromatic nitrogens is 3. The van der Waals surface area contributed by atoms with Crippen LogP contribution in [-0.4, -0.2) is 26.6 Å². The molecule has 4 aromatic rings. The van der Waals surface area contributed by atoms with E-state index in [1.165, 1.54) is 4.68 Å². The van der Waals surface area contributed by atoms with Gasteiger partial charge < -0.3 is 4.98 Å². The van der Waals surface area contributed by atoms with E-state index in [1.807, 2.05) is 19.9 Å². The summed E-state index contributed by atoms with van der Waals surface area (Å²) in [7, 11) is 0. The Balaban J connectivity index is 1.57. The van der Waals surface area contributed by atoms with E-state index in [9.17, 15) is 14.4 Å². The molecule has 0 aliphatic heterocycles. The zero-order valence-corrected chi connectivity index (χ0v) is 19.0. The van der Waals surface area contributed by atoms with E-state index in [1.54, 1.807) is 36.4 Å². The lowest BCUT2D eigenvalue weighted by Gasteiger charge is -2.12. The highest BCUT2D eigenvalue weighted by atomic mass is 16.2. The van der Waals surface area contributed by atoms with Gasteiger partial charge in [0.05, 0.1) is 5.39 Å². The van der Waals surface area contributed by atoms with Crippen LogP contribution in [0.4, 0.5) is 0 Å². The van der Waals surface area contributed by atoms with Crippen LogP contribution in [-0.2, 0) is 6.54 Å². The zero-order valence-electron chi connectivity index (χ0n) is 19.0. The number of aromatic amines is 1. The van der Waals surface area contributed by atoms with Gasteiger partial charge in [0, 0.05) is 34.1 Å². The number of nitrogens with zero attached hydrogens (tertiary/aromatic N) is 2. The van der Waals surface area contributed by atoms with Gasteiger partial charge in [-0.3, -0.25) is 25.2 Å². The van der Waals surface area contributed by atoms with Crippen LogP contribution >= 0.6 is 0 Å². The first-order valence-electron chi connectivity index (χ1n) is 11.1. The molecule has 0 unspecified atom stereocenters. The number of aryl methyl sites for hydroxylation is 3. The van der Waals surface area contributed by atoms with Crippen LogP contribution in [0.5, 0.6) is 0 Å². The Morgan fingerprint density at radius 1 is 0.970 bits per heavy atom. The highest BCUT2D eigenvalue weighted by molar-refractivity contribution is 6.06. The van der Waals surface area contributed by atoms with Gasteiger partial charge >= 0.3 is 0 Å². The van der Waals surface area contributed by atoms with Gasteiger partial charge in [-0.2, -0.15) is 5.10 Å². The van der Waals surface area contributed by atoms with Crippen LogP contribution in [0.15, 0.2) is 47.3 Å². The number of fused-ring (bicyclic) bond motifs is 2. The molecule has 0 aliphatic carbocycles. The van der Waals surface area contributed by atoms with E-state index in [0.29, 0.717) is 22.9 Å². The second-order valence-corrected chi connectivity index (χ2v) is 8.17. The van der Waals surface area contributed by atoms with E-state index in [0.717, 1.165) is 41.4 Å². The largest absolute Gasteiger partial charge is 0.358 e. The van der Waals surface area contributed by atoms with Crippen molar-refractivity contribution in [1.82, 2.24) is 25.6 Å². The Morgan fingerprint density at radius 3 is 2.45 bits per heavy atom. The van der Waals surface area contributed by atoms with E-state index in [-0.39, 0.29) is 11.3 Å². The number of amides is 2. The van der Waals surface area contributed by atoms with Gasteiger partial charge in [-0.1, -0.05) is 38.0 Å². The molecule has 0 saturated carbocycles. The third kappa shape index (κ3) is 4.37. The first kappa shape index (κ1) is 22.3. The molecule has 0 saturated heterocycles. The number of hydrogen-bond donors (Lipinski definition) is 3. The van der Waals surface area contributed by atoms with Gasteiger partial charge in [0.1, 0.15) is 0 Å². The van der Waals surface area contributed by atoms with Gasteiger partial charge in [0.2, 0.25) is 0 Å². The molecule has 0 radical (unpaired) electrons. The fourth-order valence-electron chi connectivity index (χ4n) is 3.91. The molecule has 2 aromatic carbocycles. The van der Waals surface area contributed by atoms with Gasteiger partial charge in [0.25, 0.3) is 17.4 Å². The van der Waals surface area contributed by atoms with E-state index < -0.39 is 11.8 Å². The molecule has 0 atom stereocenters. The van der Waals surface area contributed by atoms with E-state index >= 15 is 0 Å². The average Bonchev–Trinajstić information content (AvgIpc) is 3.11. The second kappa shape index (κ2) is 9.28. The van der Waals surface area contributed by atoms with E-state index in [2.05, 4.69) is 27.9 Å². The zero-order chi connectivity index (χ0) is 23.5.